The van der Waals surface area contributed by atoms with Gasteiger partial charge in [0.1, 0.15) is 24.1 Å². The number of aliphatic carboxylic acids is 1. The molecule has 3 aromatic rings. The molecular formula is C31H26N3NaO7S2. The van der Waals surface area contributed by atoms with Crippen LogP contribution in [0.4, 0.5) is 0 Å². The molecule has 2 N–H and O–H groups in total. The van der Waals surface area contributed by atoms with Gasteiger partial charge < -0.3 is 25.3 Å². The molecule has 5 rings (SSSR count). The molecule has 3 atom stereocenters. The maximum absolute atomic E-state index is 13.5. The number of thioether (sulfide) groups is 1. The maximum atomic E-state index is 13.5. The van der Waals surface area contributed by atoms with Crippen molar-refractivity contribution in [1.82, 2.24) is 15.5 Å². The molecule has 1 aromatic heterocycles. The predicted molar refractivity (Wildman–Crippen MR) is 160 cm³/mol. The summed E-state index contributed by atoms with van der Waals surface area (Å²) in [5.74, 6) is -3.76. The second-order valence-electron chi connectivity index (χ2n) is 9.70. The number of carboxylic acid groups (broad SMARTS) is 1. The van der Waals surface area contributed by atoms with Crippen molar-refractivity contribution in [2.24, 2.45) is 0 Å². The van der Waals surface area contributed by atoms with Crippen molar-refractivity contribution in [1.29, 1.82) is 0 Å². The number of carbonyl (C=O) groups is 5. The van der Waals surface area contributed by atoms with Crippen LogP contribution in [-0.2, 0) is 23.9 Å². The van der Waals surface area contributed by atoms with E-state index in [1.54, 1.807) is 65.9 Å². The monoisotopic (exact) mass is 639 g/mol. The van der Waals surface area contributed by atoms with Gasteiger partial charge in [-0.1, -0.05) is 54.6 Å². The van der Waals surface area contributed by atoms with Crippen LogP contribution in [0.25, 0.3) is 12.2 Å². The summed E-state index contributed by atoms with van der Waals surface area (Å²) in [6, 6.07) is 17.3. The van der Waals surface area contributed by atoms with E-state index in [-0.39, 0.29) is 53.2 Å². The normalized spacial score (nSPS) is 18.0. The van der Waals surface area contributed by atoms with Gasteiger partial charge >= 0.3 is 35.5 Å². The van der Waals surface area contributed by atoms with Crippen LogP contribution in [0.15, 0.2) is 83.4 Å². The van der Waals surface area contributed by atoms with Crippen molar-refractivity contribution in [2.45, 2.75) is 24.4 Å². The van der Waals surface area contributed by atoms with Crippen LogP contribution in [0.2, 0.25) is 0 Å². The van der Waals surface area contributed by atoms with Crippen LogP contribution < -0.4 is 45.3 Å². The number of nitrogens with zero attached hydrogens (tertiary/aromatic N) is 1. The van der Waals surface area contributed by atoms with Gasteiger partial charge in [0.05, 0.1) is 11.7 Å². The number of ether oxygens (including phenoxy) is 1. The molecule has 1 unspecified atom stereocenters. The number of rotatable bonds is 10. The Hall–Kier alpha value is -3.68. The van der Waals surface area contributed by atoms with Gasteiger partial charge in [-0.05, 0) is 40.8 Å². The maximum Gasteiger partial charge on any atom is 1.00 e. The Morgan fingerprint density at radius 1 is 1.05 bits per heavy atom. The Kier molecular flexibility index (Phi) is 11.2. The van der Waals surface area contributed by atoms with E-state index >= 15 is 0 Å². The van der Waals surface area contributed by atoms with Crippen LogP contribution in [-0.4, -0.2) is 58.3 Å². The molecular weight excluding hydrogens is 613 g/mol. The number of amides is 3. The fourth-order valence-electron chi connectivity index (χ4n) is 4.68. The van der Waals surface area contributed by atoms with Crippen LogP contribution in [0.1, 0.15) is 39.3 Å². The third-order valence-electron chi connectivity index (χ3n) is 6.81. The van der Waals surface area contributed by atoms with Crippen LogP contribution in [0.5, 0.6) is 0 Å². The van der Waals surface area contributed by atoms with E-state index in [9.17, 15) is 29.1 Å². The summed E-state index contributed by atoms with van der Waals surface area (Å²) in [5, 5.41) is 18.6. The first-order chi connectivity index (χ1) is 20.7. The third kappa shape index (κ3) is 7.51. The Labute approximate surface area is 283 Å². The summed E-state index contributed by atoms with van der Waals surface area (Å²) in [5.41, 5.74) is 1.63. The van der Waals surface area contributed by atoms with Gasteiger partial charge in [-0.3, -0.25) is 24.1 Å². The van der Waals surface area contributed by atoms with Gasteiger partial charge in [0, 0.05) is 28.7 Å². The Bertz CT molecular complexity index is 1610. The van der Waals surface area contributed by atoms with E-state index in [0.29, 0.717) is 11.1 Å². The zero-order valence-corrected chi connectivity index (χ0v) is 27.5. The zero-order chi connectivity index (χ0) is 30.5. The summed E-state index contributed by atoms with van der Waals surface area (Å²) >= 11 is 2.84. The van der Waals surface area contributed by atoms with E-state index in [0.717, 1.165) is 15.3 Å². The molecule has 0 saturated carbocycles. The molecule has 2 aliphatic rings. The molecule has 2 aromatic carbocycles. The average molecular weight is 640 g/mol. The van der Waals surface area contributed by atoms with Crippen LogP contribution in [0, 0.1) is 0 Å². The molecule has 0 spiro atoms. The number of hydrogen-bond donors (Lipinski definition) is 2. The summed E-state index contributed by atoms with van der Waals surface area (Å²) < 4.78 is 4.93. The number of esters is 1. The van der Waals surface area contributed by atoms with Gasteiger partial charge in [0.15, 0.2) is 0 Å². The molecule has 44 heavy (non-hydrogen) atoms. The van der Waals surface area contributed by atoms with E-state index < -0.39 is 47.1 Å². The van der Waals surface area contributed by atoms with E-state index in [2.05, 4.69) is 10.6 Å². The minimum atomic E-state index is -1.58. The molecule has 0 bridgehead atoms. The molecule has 0 radical (unpaired) electrons. The largest absolute Gasteiger partial charge is 1.00 e. The third-order valence-corrected chi connectivity index (χ3v) is 8.99. The second-order valence-corrected chi connectivity index (χ2v) is 11.8. The summed E-state index contributed by atoms with van der Waals surface area (Å²) in [6.07, 6.45) is 3.92. The Balaban J connectivity index is 0.00000442. The van der Waals surface area contributed by atoms with Gasteiger partial charge in [-0.15, -0.1) is 23.1 Å². The quantitative estimate of drug-likeness (QED) is 0.169. The first-order valence-corrected chi connectivity index (χ1v) is 15.1. The number of carboxylic acids is 1. The molecule has 2 aliphatic heterocycles. The molecule has 13 heteroatoms. The summed E-state index contributed by atoms with van der Waals surface area (Å²) in [4.78, 5) is 65.1. The number of fused-ring (bicyclic) bond motifs is 1. The summed E-state index contributed by atoms with van der Waals surface area (Å²) in [7, 11) is 0. The number of carbonyl (C=O) groups excluding carboxylic acids is 5. The van der Waals surface area contributed by atoms with Crippen molar-refractivity contribution in [3.05, 3.63) is 105 Å². The average Bonchev–Trinajstić information content (AvgIpc) is 3.54. The minimum absolute atomic E-state index is 0. The smallest absolute Gasteiger partial charge is 0.543 e. The topological polar surface area (TPSA) is 145 Å². The van der Waals surface area contributed by atoms with Crippen molar-refractivity contribution >= 4 is 64.9 Å². The Morgan fingerprint density at radius 3 is 2.41 bits per heavy atom. The van der Waals surface area contributed by atoms with E-state index in [1.165, 1.54) is 18.7 Å². The fraction of sp³-hybridized carbons (Fsp3) is 0.194. The first-order valence-electron chi connectivity index (χ1n) is 13.2. The molecule has 220 valence electrons. The molecule has 1 fully saturated rings. The van der Waals surface area contributed by atoms with Gasteiger partial charge in [0.2, 0.25) is 5.91 Å². The first kappa shape index (κ1) is 33.2. The van der Waals surface area contributed by atoms with Gasteiger partial charge in [0.25, 0.3) is 11.8 Å². The Morgan fingerprint density at radius 2 is 1.77 bits per heavy atom. The van der Waals surface area contributed by atoms with Crippen molar-refractivity contribution in [2.75, 3.05) is 12.4 Å². The van der Waals surface area contributed by atoms with Crippen molar-refractivity contribution in [3.63, 3.8) is 0 Å². The number of nitrogens with one attached hydrogen (secondary N) is 2. The summed E-state index contributed by atoms with van der Waals surface area (Å²) in [6.45, 7) is 0.910. The standard InChI is InChI=1S/C31H27N3O7S2.Na/c1-18(35)41-16-22-17-43-30-25(29(38)34(30)26(22)31(39)40)33-28(37)24(20-6-3-2-4-7-20)32-27(36)21-12-9-19(10-13-21)11-14-23-8-5-15-42-23;/h2-15,24-25,30H,16-17H2,1H3,(H,32,36)(H,33,37)(H,39,40);/q;+1/p-1/t24?,25-,30-;/m1./s1. The zero-order valence-electron chi connectivity index (χ0n) is 23.9. The number of benzene rings is 2. The van der Waals surface area contributed by atoms with Crippen LogP contribution in [0.3, 0.4) is 0 Å². The minimum Gasteiger partial charge on any atom is -0.543 e. The second kappa shape index (κ2) is 14.9. The number of thiophene rings is 1. The molecule has 10 nitrogen and oxygen atoms in total. The van der Waals surface area contributed by atoms with Crippen molar-refractivity contribution < 1.29 is 63.4 Å². The van der Waals surface area contributed by atoms with Gasteiger partial charge in [-0.25, -0.2) is 0 Å². The van der Waals surface area contributed by atoms with Crippen molar-refractivity contribution in [3.8, 4) is 0 Å². The molecule has 3 amide bonds. The number of hydrogen-bond acceptors (Lipinski definition) is 9. The fourth-order valence-corrected chi connectivity index (χ4v) is 6.62. The molecule has 0 aliphatic carbocycles. The molecule has 3 heterocycles. The van der Waals surface area contributed by atoms with E-state index in [1.807, 2.05) is 29.7 Å². The van der Waals surface area contributed by atoms with E-state index in [4.69, 9.17) is 4.74 Å². The number of β-lactam (4-membered cyclic amide) rings is 1. The molecule has 1 saturated heterocycles. The predicted octanol–water partition coefficient (Wildman–Crippen LogP) is -0.639. The SMILES string of the molecule is CC(=O)OCC1=C(C(=O)[O-])N2C(=O)[C@@H](NC(=O)C(NC(=O)c3ccc(C=Cc4cccs4)cc3)c3ccccc3)[C@H]2SC1.[Na+]. The van der Waals surface area contributed by atoms with Gasteiger partial charge in [-0.2, -0.15) is 0 Å². The van der Waals surface area contributed by atoms with Crippen LogP contribution >= 0.6 is 23.1 Å².